The lowest BCUT2D eigenvalue weighted by Gasteiger charge is -2.05. The monoisotopic (exact) mass is 257 g/mol. The molecule has 2 rings (SSSR count). The van der Waals surface area contributed by atoms with Crippen molar-refractivity contribution in [1.82, 2.24) is 5.01 Å². The second-order valence-electron chi connectivity index (χ2n) is 3.48. The van der Waals surface area contributed by atoms with Crippen molar-refractivity contribution in [3.8, 4) is 11.5 Å². The molecule has 0 aromatic heterocycles. The standard InChI is InChI=1S/C10H9F2N3O3/c1-15(9(13)16)14-5-6-2-3-7-8(4-6)18-10(11,12)17-7/h2-5H,1H3,(H2,13,16)/b14-5-. The van der Waals surface area contributed by atoms with E-state index in [9.17, 15) is 13.6 Å². The lowest BCUT2D eigenvalue weighted by Crippen LogP contribution is -2.27. The van der Waals surface area contributed by atoms with Crippen LogP contribution < -0.4 is 15.2 Å². The Bertz CT molecular complexity index is 519. The van der Waals surface area contributed by atoms with E-state index < -0.39 is 12.3 Å². The van der Waals surface area contributed by atoms with E-state index in [0.29, 0.717) is 5.56 Å². The van der Waals surface area contributed by atoms with Crippen LogP contribution in [-0.2, 0) is 0 Å². The van der Waals surface area contributed by atoms with Crippen LogP contribution in [0.1, 0.15) is 5.56 Å². The zero-order chi connectivity index (χ0) is 13.3. The maximum atomic E-state index is 12.7. The van der Waals surface area contributed by atoms with E-state index >= 15 is 0 Å². The highest BCUT2D eigenvalue weighted by Gasteiger charge is 2.43. The van der Waals surface area contributed by atoms with Gasteiger partial charge in [-0.2, -0.15) is 5.10 Å². The zero-order valence-corrected chi connectivity index (χ0v) is 9.26. The second kappa shape index (κ2) is 4.13. The molecule has 0 radical (unpaired) electrons. The van der Waals surface area contributed by atoms with Gasteiger partial charge in [0.05, 0.1) is 6.21 Å². The SMILES string of the molecule is CN(/N=C\c1ccc2c(c1)OC(F)(F)O2)C(N)=O. The van der Waals surface area contributed by atoms with Crippen LogP contribution >= 0.6 is 0 Å². The summed E-state index contributed by atoms with van der Waals surface area (Å²) in [6.45, 7) is 0. The number of nitrogens with two attached hydrogens (primary N) is 1. The molecular formula is C10H9F2N3O3. The maximum absolute atomic E-state index is 12.7. The molecule has 0 saturated heterocycles. The summed E-state index contributed by atoms with van der Waals surface area (Å²) in [5.74, 6) is -0.147. The van der Waals surface area contributed by atoms with Crippen LogP contribution in [0.2, 0.25) is 0 Å². The lowest BCUT2D eigenvalue weighted by atomic mass is 10.2. The van der Waals surface area contributed by atoms with E-state index in [1.807, 2.05) is 0 Å². The Labute approximate surface area is 101 Å². The van der Waals surface area contributed by atoms with Crippen LogP contribution in [0.4, 0.5) is 13.6 Å². The summed E-state index contributed by atoms with van der Waals surface area (Å²) in [5.41, 5.74) is 5.42. The number of urea groups is 1. The van der Waals surface area contributed by atoms with Gasteiger partial charge in [-0.1, -0.05) is 0 Å². The van der Waals surface area contributed by atoms with E-state index in [4.69, 9.17) is 5.73 Å². The summed E-state index contributed by atoms with van der Waals surface area (Å²) in [6, 6.07) is 3.39. The Morgan fingerprint density at radius 3 is 2.78 bits per heavy atom. The molecule has 1 aromatic rings. The Hall–Kier alpha value is -2.38. The van der Waals surface area contributed by atoms with Crippen molar-refractivity contribution in [2.24, 2.45) is 10.8 Å². The van der Waals surface area contributed by atoms with E-state index in [2.05, 4.69) is 14.6 Å². The van der Waals surface area contributed by atoms with Gasteiger partial charge >= 0.3 is 12.3 Å². The molecule has 8 heteroatoms. The quantitative estimate of drug-likeness (QED) is 0.641. The average molecular weight is 257 g/mol. The first kappa shape index (κ1) is 12.1. The summed E-state index contributed by atoms with van der Waals surface area (Å²) in [7, 11) is 1.36. The number of nitrogens with zero attached hydrogens (tertiary/aromatic N) is 2. The van der Waals surface area contributed by atoms with Crippen molar-refractivity contribution >= 4 is 12.2 Å². The number of hydrogen-bond acceptors (Lipinski definition) is 4. The number of benzene rings is 1. The van der Waals surface area contributed by atoms with E-state index in [1.165, 1.54) is 31.5 Å². The van der Waals surface area contributed by atoms with Crippen LogP contribution in [0.3, 0.4) is 0 Å². The summed E-state index contributed by atoms with van der Waals surface area (Å²) in [5, 5.41) is 4.61. The highest BCUT2D eigenvalue weighted by molar-refractivity contribution is 5.82. The van der Waals surface area contributed by atoms with Crippen molar-refractivity contribution in [3.05, 3.63) is 23.8 Å². The number of hydrazone groups is 1. The number of halogens is 2. The third-order valence-corrected chi connectivity index (χ3v) is 2.12. The van der Waals surface area contributed by atoms with Gasteiger partial charge < -0.3 is 15.2 Å². The topological polar surface area (TPSA) is 77.2 Å². The van der Waals surface area contributed by atoms with Gasteiger partial charge in [0.25, 0.3) is 0 Å². The number of amides is 2. The predicted octanol–water partition coefficient (Wildman–Crippen LogP) is 1.35. The molecule has 18 heavy (non-hydrogen) atoms. The summed E-state index contributed by atoms with van der Waals surface area (Å²) >= 11 is 0. The summed E-state index contributed by atoms with van der Waals surface area (Å²) in [6.07, 6.45) is -2.37. The van der Waals surface area contributed by atoms with Crippen LogP contribution in [0, 0.1) is 0 Å². The molecule has 96 valence electrons. The molecule has 1 aliphatic rings. The fraction of sp³-hybridized carbons (Fsp3) is 0.200. The molecule has 0 spiro atoms. The van der Waals surface area contributed by atoms with Gasteiger partial charge in [0.15, 0.2) is 11.5 Å². The highest BCUT2D eigenvalue weighted by atomic mass is 19.3. The average Bonchev–Trinajstić information content (AvgIpc) is 2.58. The highest BCUT2D eigenvalue weighted by Crippen LogP contribution is 2.40. The molecule has 0 atom stereocenters. The number of carbonyl (C=O) groups excluding carboxylic acids is 1. The predicted molar refractivity (Wildman–Crippen MR) is 57.6 cm³/mol. The molecule has 0 bridgehead atoms. The fourth-order valence-corrected chi connectivity index (χ4v) is 1.26. The third kappa shape index (κ3) is 2.47. The van der Waals surface area contributed by atoms with Crippen LogP contribution in [0.5, 0.6) is 11.5 Å². The fourth-order valence-electron chi connectivity index (χ4n) is 1.26. The van der Waals surface area contributed by atoms with E-state index in [-0.39, 0.29) is 11.5 Å². The van der Waals surface area contributed by atoms with Gasteiger partial charge in [-0.05, 0) is 23.8 Å². The van der Waals surface area contributed by atoms with Crippen molar-refractivity contribution < 1.29 is 23.0 Å². The van der Waals surface area contributed by atoms with Crippen molar-refractivity contribution in [1.29, 1.82) is 0 Å². The van der Waals surface area contributed by atoms with Gasteiger partial charge in [-0.25, -0.2) is 9.80 Å². The molecule has 0 unspecified atom stereocenters. The number of alkyl halides is 2. The van der Waals surface area contributed by atoms with Gasteiger partial charge in [-0.3, -0.25) is 0 Å². The second-order valence-corrected chi connectivity index (χ2v) is 3.48. The van der Waals surface area contributed by atoms with Gasteiger partial charge in [0.2, 0.25) is 0 Å². The number of hydrogen-bond donors (Lipinski definition) is 1. The minimum absolute atomic E-state index is 0.0552. The Morgan fingerprint density at radius 2 is 2.11 bits per heavy atom. The Kier molecular flexibility index (Phi) is 2.77. The van der Waals surface area contributed by atoms with Crippen LogP contribution in [0.15, 0.2) is 23.3 Å². The maximum Gasteiger partial charge on any atom is 0.586 e. The molecule has 1 heterocycles. The zero-order valence-electron chi connectivity index (χ0n) is 9.26. The largest absolute Gasteiger partial charge is 0.586 e. The summed E-state index contributed by atoms with van der Waals surface area (Å²) in [4.78, 5) is 10.7. The van der Waals surface area contributed by atoms with Gasteiger partial charge in [-0.15, -0.1) is 8.78 Å². The lowest BCUT2D eigenvalue weighted by molar-refractivity contribution is -0.286. The van der Waals surface area contributed by atoms with E-state index in [0.717, 1.165) is 5.01 Å². The molecule has 0 saturated carbocycles. The molecular weight excluding hydrogens is 248 g/mol. The molecule has 2 N–H and O–H groups in total. The van der Waals surface area contributed by atoms with Gasteiger partial charge in [0, 0.05) is 7.05 Å². The first-order chi connectivity index (χ1) is 8.37. The van der Waals surface area contributed by atoms with Gasteiger partial charge in [0.1, 0.15) is 0 Å². The molecule has 1 aliphatic heterocycles. The smallest absolute Gasteiger partial charge is 0.395 e. The van der Waals surface area contributed by atoms with Crippen LogP contribution in [0.25, 0.3) is 0 Å². The Morgan fingerprint density at radius 1 is 1.44 bits per heavy atom. The first-order valence-electron chi connectivity index (χ1n) is 4.84. The number of primary amides is 1. The molecule has 1 aromatic carbocycles. The van der Waals surface area contributed by atoms with Crippen LogP contribution in [-0.4, -0.2) is 30.6 Å². The first-order valence-corrected chi connectivity index (χ1v) is 4.84. The van der Waals surface area contributed by atoms with E-state index in [1.54, 1.807) is 0 Å². The van der Waals surface area contributed by atoms with Crippen molar-refractivity contribution in [3.63, 3.8) is 0 Å². The number of ether oxygens (including phenoxy) is 2. The Balaban J connectivity index is 2.17. The summed E-state index contributed by atoms with van der Waals surface area (Å²) < 4.78 is 34.0. The number of fused-ring (bicyclic) bond motifs is 1. The minimum Gasteiger partial charge on any atom is -0.395 e. The molecule has 2 amide bonds. The molecule has 0 aliphatic carbocycles. The molecule has 0 fully saturated rings. The van der Waals surface area contributed by atoms with Crippen molar-refractivity contribution in [2.75, 3.05) is 7.05 Å². The minimum atomic E-state index is -3.65. The third-order valence-electron chi connectivity index (χ3n) is 2.12. The number of rotatable bonds is 2. The van der Waals surface area contributed by atoms with Crippen molar-refractivity contribution in [2.45, 2.75) is 6.29 Å². The molecule has 6 nitrogen and oxygen atoms in total. The normalized spacial score (nSPS) is 15.9. The number of carbonyl (C=O) groups is 1.